The van der Waals surface area contributed by atoms with Gasteiger partial charge in [0.25, 0.3) is 11.8 Å². The summed E-state index contributed by atoms with van der Waals surface area (Å²) in [5.41, 5.74) is 4.81. The number of aryl methyl sites for hydroxylation is 2. The Bertz CT molecular complexity index is 2080. The number of thioether (sulfide) groups is 1. The Morgan fingerprint density at radius 3 is 2.16 bits per heavy atom. The van der Waals surface area contributed by atoms with Crippen molar-refractivity contribution in [1.29, 1.82) is 0 Å². The number of hydrogen-bond donors (Lipinski definition) is 3. The van der Waals surface area contributed by atoms with Crippen molar-refractivity contribution in [2.24, 2.45) is 0 Å². The lowest BCUT2D eigenvalue weighted by atomic mass is 10.1. The smallest absolute Gasteiger partial charge is 0.272 e. The van der Waals surface area contributed by atoms with Crippen molar-refractivity contribution in [2.45, 2.75) is 24.0 Å². The second-order valence-corrected chi connectivity index (χ2v) is 13.4. The summed E-state index contributed by atoms with van der Waals surface area (Å²) in [6.07, 6.45) is 2.96. The van der Waals surface area contributed by atoms with Gasteiger partial charge in [-0.05, 0) is 67.9 Å². The molecule has 0 aliphatic heterocycles. The fourth-order valence-corrected chi connectivity index (χ4v) is 6.77. The van der Waals surface area contributed by atoms with Gasteiger partial charge in [-0.3, -0.25) is 14.4 Å². The molecule has 0 saturated carbocycles. The number of amides is 3. The van der Waals surface area contributed by atoms with E-state index in [0.29, 0.717) is 22.1 Å². The van der Waals surface area contributed by atoms with Gasteiger partial charge in [0.15, 0.2) is 5.13 Å². The van der Waals surface area contributed by atoms with Gasteiger partial charge in [0.05, 0.1) is 12.0 Å². The van der Waals surface area contributed by atoms with E-state index in [1.54, 1.807) is 48.5 Å². The summed E-state index contributed by atoms with van der Waals surface area (Å²) in [4.78, 5) is 46.6. The lowest BCUT2D eigenvalue weighted by Gasteiger charge is -2.16. The highest BCUT2D eigenvalue weighted by molar-refractivity contribution is 8.00. The van der Waals surface area contributed by atoms with E-state index >= 15 is 0 Å². The second-order valence-electron chi connectivity index (χ2n) is 11.1. The maximum atomic E-state index is 13.8. The van der Waals surface area contributed by atoms with Crippen LogP contribution in [0.4, 0.5) is 10.8 Å². The Morgan fingerprint density at radius 2 is 1.49 bits per heavy atom. The molecule has 0 bridgehead atoms. The predicted molar refractivity (Wildman–Crippen MR) is 196 cm³/mol. The molecule has 0 saturated heterocycles. The van der Waals surface area contributed by atoms with Crippen molar-refractivity contribution in [3.8, 4) is 11.3 Å². The van der Waals surface area contributed by atoms with E-state index in [0.717, 1.165) is 26.6 Å². The first kappa shape index (κ1) is 33.2. The molecule has 3 N–H and O–H groups in total. The van der Waals surface area contributed by atoms with Crippen LogP contribution < -0.4 is 16.0 Å². The largest absolute Gasteiger partial charge is 0.465 e. The van der Waals surface area contributed by atoms with Gasteiger partial charge in [0, 0.05) is 32.7 Å². The molecule has 6 rings (SSSR count). The third-order valence-corrected chi connectivity index (χ3v) is 9.57. The van der Waals surface area contributed by atoms with Crippen LogP contribution in [0.15, 0.2) is 143 Å². The van der Waals surface area contributed by atoms with Gasteiger partial charge in [-0.2, -0.15) is 0 Å². The number of furan rings is 1. The van der Waals surface area contributed by atoms with E-state index in [2.05, 4.69) is 16.0 Å². The number of rotatable bonds is 11. The zero-order chi connectivity index (χ0) is 34.2. The Kier molecular flexibility index (Phi) is 10.5. The maximum absolute atomic E-state index is 13.8. The molecule has 1 unspecified atom stereocenters. The lowest BCUT2D eigenvalue weighted by Crippen LogP contribution is -2.30. The minimum absolute atomic E-state index is 0.0195. The van der Waals surface area contributed by atoms with Crippen LogP contribution >= 0.6 is 23.1 Å². The van der Waals surface area contributed by atoms with Crippen LogP contribution in [0.2, 0.25) is 0 Å². The second kappa shape index (κ2) is 15.5. The molecule has 0 radical (unpaired) electrons. The number of carbonyl (C=O) groups excluding carboxylic acids is 3. The van der Waals surface area contributed by atoms with Gasteiger partial charge >= 0.3 is 0 Å². The van der Waals surface area contributed by atoms with Crippen LogP contribution in [-0.4, -0.2) is 22.7 Å². The molecular formula is C39H32N4O4S2. The van der Waals surface area contributed by atoms with Crippen LogP contribution in [0.1, 0.15) is 37.4 Å². The molecular weight excluding hydrogens is 653 g/mol. The zero-order valence-electron chi connectivity index (χ0n) is 26.7. The molecule has 0 fully saturated rings. The summed E-state index contributed by atoms with van der Waals surface area (Å²) in [5, 5.41) is 8.55. The normalized spacial score (nSPS) is 11.8. The van der Waals surface area contributed by atoms with Crippen LogP contribution in [0.25, 0.3) is 17.3 Å². The van der Waals surface area contributed by atoms with Gasteiger partial charge in [-0.25, -0.2) is 4.98 Å². The molecule has 2 heterocycles. The van der Waals surface area contributed by atoms with Crippen LogP contribution in [-0.2, 0) is 9.59 Å². The van der Waals surface area contributed by atoms with Crippen molar-refractivity contribution in [3.63, 3.8) is 0 Å². The highest BCUT2D eigenvalue weighted by atomic mass is 32.2. The topological polar surface area (TPSA) is 113 Å². The summed E-state index contributed by atoms with van der Waals surface area (Å²) in [5.74, 6) is -0.731. The quantitative estimate of drug-likeness (QED) is 0.0928. The summed E-state index contributed by atoms with van der Waals surface area (Å²) in [7, 11) is 0. The molecule has 8 nitrogen and oxygen atoms in total. The van der Waals surface area contributed by atoms with Crippen molar-refractivity contribution in [1.82, 2.24) is 10.3 Å². The Hall–Kier alpha value is -5.71. The molecule has 49 heavy (non-hydrogen) atoms. The minimum atomic E-state index is -0.565. The summed E-state index contributed by atoms with van der Waals surface area (Å²) in [6, 6.07) is 36.9. The number of carbonyl (C=O) groups is 3. The molecule has 3 amide bonds. The molecule has 0 aliphatic rings. The predicted octanol–water partition coefficient (Wildman–Crippen LogP) is 8.90. The van der Waals surface area contributed by atoms with E-state index in [-0.39, 0.29) is 11.6 Å². The fraction of sp³-hybridized carbons (Fsp3) is 0.0769. The Morgan fingerprint density at radius 1 is 0.796 bits per heavy atom. The average Bonchev–Trinajstić information content (AvgIpc) is 3.77. The molecule has 0 spiro atoms. The van der Waals surface area contributed by atoms with Gasteiger partial charge in [0.2, 0.25) is 5.91 Å². The van der Waals surface area contributed by atoms with E-state index in [4.69, 9.17) is 9.40 Å². The third-order valence-electron chi connectivity index (χ3n) is 7.42. The highest BCUT2D eigenvalue weighted by Crippen LogP contribution is 2.38. The lowest BCUT2D eigenvalue weighted by molar-refractivity contribution is -0.116. The van der Waals surface area contributed by atoms with Crippen molar-refractivity contribution in [2.75, 3.05) is 10.6 Å². The third kappa shape index (κ3) is 8.61. The minimum Gasteiger partial charge on any atom is -0.465 e. The summed E-state index contributed by atoms with van der Waals surface area (Å²) in [6.45, 7) is 4.04. The molecule has 0 aliphatic carbocycles. The summed E-state index contributed by atoms with van der Waals surface area (Å²) >= 11 is 2.84. The summed E-state index contributed by atoms with van der Waals surface area (Å²) < 4.78 is 5.38. The SMILES string of the molecule is Cc1ccc(-c2nc(NC(=O)C(Sc3ccc(NC(=O)/C(=C/c4ccco4)NC(=O)c4ccccc4)cc3)c3ccccc3)sc2C)cc1. The highest BCUT2D eigenvalue weighted by Gasteiger charge is 2.24. The molecule has 10 heteroatoms. The number of nitrogens with zero attached hydrogens (tertiary/aromatic N) is 1. The maximum Gasteiger partial charge on any atom is 0.272 e. The van der Waals surface area contributed by atoms with Gasteiger partial charge in [-0.1, -0.05) is 78.4 Å². The number of thiazole rings is 1. The first-order valence-corrected chi connectivity index (χ1v) is 17.1. The monoisotopic (exact) mass is 684 g/mol. The van der Waals surface area contributed by atoms with Crippen molar-refractivity contribution < 1.29 is 18.8 Å². The molecule has 1 atom stereocenters. The first-order valence-electron chi connectivity index (χ1n) is 15.4. The number of aromatic nitrogens is 1. The zero-order valence-corrected chi connectivity index (χ0v) is 28.3. The average molecular weight is 685 g/mol. The molecule has 244 valence electrons. The standard InChI is InChI=1S/C39H32N4O4S2/c1-25-15-17-27(18-16-25)34-26(2)48-39(42-34)43-38(46)35(28-10-5-3-6-11-28)49-32-21-19-30(20-22-32)40-37(45)33(24-31-14-9-23-47-31)41-36(44)29-12-7-4-8-13-29/h3-24,35H,1-2H3,(H,40,45)(H,41,44)(H,42,43,46)/b33-24-. The van der Waals surface area contributed by atoms with Crippen LogP contribution in [0.3, 0.4) is 0 Å². The van der Waals surface area contributed by atoms with Crippen molar-refractivity contribution in [3.05, 3.63) is 161 Å². The van der Waals surface area contributed by atoms with E-state index in [1.165, 1.54) is 41.0 Å². The number of benzene rings is 4. The number of hydrogen-bond acceptors (Lipinski definition) is 7. The van der Waals surface area contributed by atoms with Crippen LogP contribution in [0.5, 0.6) is 0 Å². The van der Waals surface area contributed by atoms with E-state index < -0.39 is 17.1 Å². The number of nitrogens with one attached hydrogen (secondary N) is 3. The van der Waals surface area contributed by atoms with Gasteiger partial charge in [0.1, 0.15) is 16.7 Å². The van der Waals surface area contributed by atoms with E-state index in [1.807, 2.05) is 86.6 Å². The molecule has 4 aromatic carbocycles. The first-order chi connectivity index (χ1) is 23.8. The van der Waals surface area contributed by atoms with Crippen LogP contribution in [0, 0.1) is 13.8 Å². The Balaban J connectivity index is 1.16. The van der Waals surface area contributed by atoms with Crippen molar-refractivity contribution >= 4 is 57.7 Å². The van der Waals surface area contributed by atoms with Gasteiger partial charge in [-0.15, -0.1) is 23.1 Å². The Labute approximate surface area is 292 Å². The van der Waals surface area contributed by atoms with Gasteiger partial charge < -0.3 is 20.4 Å². The van der Waals surface area contributed by atoms with E-state index in [9.17, 15) is 14.4 Å². The molecule has 2 aromatic heterocycles. The number of anilines is 2. The molecule has 6 aromatic rings. The fourth-order valence-electron chi connectivity index (χ4n) is 4.91.